The van der Waals surface area contributed by atoms with Crippen LogP contribution >= 0.6 is 0 Å². The number of carbonyl (C=O) groups is 1. The summed E-state index contributed by atoms with van der Waals surface area (Å²) in [6.45, 7) is 3.25. The number of hydrogen-bond acceptors (Lipinski definition) is 5. The minimum atomic E-state index is -4.66. The maximum absolute atomic E-state index is 13.2. The smallest absolute Gasteiger partial charge is 0.360 e. The fourth-order valence-electron chi connectivity index (χ4n) is 3.40. The van der Waals surface area contributed by atoms with Crippen molar-refractivity contribution in [1.82, 2.24) is 14.4 Å². The summed E-state index contributed by atoms with van der Waals surface area (Å²) < 4.78 is 71.7. The fourth-order valence-corrected chi connectivity index (χ4v) is 5.16. The summed E-state index contributed by atoms with van der Waals surface area (Å²) in [6, 6.07) is 4.59. The van der Waals surface area contributed by atoms with Crippen LogP contribution in [0.5, 0.6) is 0 Å². The Morgan fingerprint density at radius 1 is 1.10 bits per heavy atom. The van der Waals surface area contributed by atoms with Gasteiger partial charge in [-0.05, 0) is 32.4 Å². The van der Waals surface area contributed by atoms with Crippen molar-refractivity contribution >= 4 is 15.9 Å². The predicted molar refractivity (Wildman–Crippen MR) is 96.7 cm³/mol. The molecule has 2 heterocycles. The number of halogens is 3. The zero-order chi connectivity index (χ0) is 21.4. The van der Waals surface area contributed by atoms with Gasteiger partial charge in [-0.3, -0.25) is 4.79 Å². The van der Waals surface area contributed by atoms with Gasteiger partial charge in [0.1, 0.15) is 10.6 Å². The third kappa shape index (κ3) is 4.15. The van der Waals surface area contributed by atoms with Crippen LogP contribution in [0.15, 0.2) is 33.7 Å². The van der Waals surface area contributed by atoms with Crippen molar-refractivity contribution in [2.24, 2.45) is 0 Å². The molecular formula is C18H20F3N3O4S. The van der Waals surface area contributed by atoms with Crippen molar-refractivity contribution in [3.05, 3.63) is 46.8 Å². The number of sulfonamides is 1. The Bertz CT molecular complexity index is 998. The first-order chi connectivity index (χ1) is 13.5. The zero-order valence-corrected chi connectivity index (χ0v) is 16.7. The van der Waals surface area contributed by atoms with Gasteiger partial charge in [-0.2, -0.15) is 17.5 Å². The number of amides is 1. The van der Waals surface area contributed by atoms with Crippen molar-refractivity contribution in [3.63, 3.8) is 0 Å². The molecule has 1 fully saturated rings. The van der Waals surface area contributed by atoms with E-state index in [1.807, 2.05) is 0 Å². The van der Waals surface area contributed by atoms with E-state index in [-0.39, 0.29) is 42.5 Å². The van der Waals surface area contributed by atoms with Crippen molar-refractivity contribution in [2.75, 3.05) is 26.2 Å². The lowest BCUT2D eigenvalue weighted by atomic mass is 10.1. The molecule has 158 valence electrons. The standard InChI is InChI=1S/C18H20F3N3O4S/c1-12-16(13(2)28-22-12)29(26,27)24-9-5-8-23(10-11-24)17(25)14-6-3-4-7-15(14)18(19,20)21/h3-4,6-7H,5,8-11H2,1-2H3. The van der Waals surface area contributed by atoms with Crippen LogP contribution in [-0.2, 0) is 16.2 Å². The van der Waals surface area contributed by atoms with Crippen molar-refractivity contribution in [2.45, 2.75) is 31.3 Å². The summed E-state index contributed by atoms with van der Waals surface area (Å²) >= 11 is 0. The molecule has 1 aromatic carbocycles. The monoisotopic (exact) mass is 431 g/mol. The van der Waals surface area contributed by atoms with Crippen molar-refractivity contribution in [3.8, 4) is 0 Å². The van der Waals surface area contributed by atoms with Gasteiger partial charge < -0.3 is 9.42 Å². The average molecular weight is 431 g/mol. The third-order valence-corrected chi connectivity index (χ3v) is 6.91. The summed E-state index contributed by atoms with van der Waals surface area (Å²) in [7, 11) is -3.89. The molecule has 1 saturated heterocycles. The topological polar surface area (TPSA) is 83.7 Å². The fraction of sp³-hybridized carbons (Fsp3) is 0.444. The maximum Gasteiger partial charge on any atom is 0.417 e. The molecule has 0 unspecified atom stereocenters. The Kier molecular flexibility index (Phi) is 5.72. The molecule has 1 amide bonds. The van der Waals surface area contributed by atoms with Gasteiger partial charge in [0.25, 0.3) is 5.91 Å². The number of rotatable bonds is 3. The molecule has 0 radical (unpaired) electrons. The van der Waals surface area contributed by atoms with Crippen LogP contribution in [0.25, 0.3) is 0 Å². The van der Waals surface area contributed by atoms with E-state index in [1.165, 1.54) is 35.2 Å². The van der Waals surface area contributed by atoms with E-state index >= 15 is 0 Å². The van der Waals surface area contributed by atoms with Crippen LogP contribution in [0.3, 0.4) is 0 Å². The molecule has 7 nitrogen and oxygen atoms in total. The SMILES string of the molecule is Cc1noc(C)c1S(=O)(=O)N1CCCN(C(=O)c2ccccc2C(F)(F)F)CC1. The first-order valence-electron chi connectivity index (χ1n) is 8.92. The Labute approximate surface area is 166 Å². The zero-order valence-electron chi connectivity index (χ0n) is 15.9. The first-order valence-corrected chi connectivity index (χ1v) is 10.4. The second-order valence-corrected chi connectivity index (χ2v) is 8.62. The number of aryl methyl sites for hydroxylation is 2. The highest BCUT2D eigenvalue weighted by Gasteiger charge is 2.37. The van der Waals surface area contributed by atoms with E-state index in [9.17, 15) is 26.4 Å². The van der Waals surface area contributed by atoms with Gasteiger partial charge in [0, 0.05) is 26.2 Å². The third-order valence-electron chi connectivity index (χ3n) is 4.77. The highest BCUT2D eigenvalue weighted by molar-refractivity contribution is 7.89. The van der Waals surface area contributed by atoms with Crippen LogP contribution in [-0.4, -0.2) is 54.9 Å². The van der Waals surface area contributed by atoms with E-state index in [0.717, 1.165) is 12.1 Å². The molecule has 29 heavy (non-hydrogen) atoms. The molecule has 0 atom stereocenters. The van der Waals surface area contributed by atoms with Gasteiger partial charge in [-0.15, -0.1) is 0 Å². The first kappa shape index (κ1) is 21.3. The van der Waals surface area contributed by atoms with Crippen molar-refractivity contribution in [1.29, 1.82) is 0 Å². The van der Waals surface area contributed by atoms with Gasteiger partial charge in [0.15, 0.2) is 5.76 Å². The maximum atomic E-state index is 13.2. The van der Waals surface area contributed by atoms with Gasteiger partial charge >= 0.3 is 6.18 Å². The molecule has 0 N–H and O–H groups in total. The second-order valence-electron chi connectivity index (χ2n) is 6.75. The van der Waals surface area contributed by atoms with Gasteiger partial charge in [-0.25, -0.2) is 8.42 Å². The van der Waals surface area contributed by atoms with Crippen LogP contribution < -0.4 is 0 Å². The molecule has 1 aromatic heterocycles. The van der Waals surface area contributed by atoms with E-state index in [2.05, 4.69) is 5.16 Å². The Hall–Kier alpha value is -2.40. The largest absolute Gasteiger partial charge is 0.417 e. The molecule has 0 aliphatic carbocycles. The Morgan fingerprint density at radius 3 is 2.41 bits per heavy atom. The Balaban J connectivity index is 1.82. The van der Waals surface area contributed by atoms with E-state index in [0.29, 0.717) is 6.42 Å². The molecule has 1 aliphatic rings. The molecule has 1 aliphatic heterocycles. The Morgan fingerprint density at radius 2 is 1.79 bits per heavy atom. The second kappa shape index (κ2) is 7.79. The lowest BCUT2D eigenvalue weighted by Gasteiger charge is -2.23. The summed E-state index contributed by atoms with van der Waals surface area (Å²) in [5.74, 6) is -0.603. The summed E-state index contributed by atoms with van der Waals surface area (Å²) in [6.07, 6.45) is -4.36. The van der Waals surface area contributed by atoms with Crippen LogP contribution in [0.2, 0.25) is 0 Å². The molecule has 0 bridgehead atoms. The van der Waals surface area contributed by atoms with Crippen molar-refractivity contribution < 1.29 is 30.9 Å². The molecular weight excluding hydrogens is 411 g/mol. The van der Waals surface area contributed by atoms with Gasteiger partial charge in [-0.1, -0.05) is 17.3 Å². The van der Waals surface area contributed by atoms with Gasteiger partial charge in [0.05, 0.1) is 11.1 Å². The summed E-state index contributed by atoms with van der Waals surface area (Å²) in [4.78, 5) is 14.0. The van der Waals surface area contributed by atoms with E-state index in [4.69, 9.17) is 4.52 Å². The molecule has 2 aromatic rings. The molecule has 0 saturated carbocycles. The molecule has 11 heteroatoms. The minimum absolute atomic E-state index is 0.0142. The number of alkyl halides is 3. The lowest BCUT2D eigenvalue weighted by molar-refractivity contribution is -0.138. The number of nitrogens with zero attached hydrogens (tertiary/aromatic N) is 3. The van der Waals surface area contributed by atoms with Gasteiger partial charge in [0.2, 0.25) is 10.0 Å². The normalized spacial score (nSPS) is 16.7. The molecule has 3 rings (SSSR count). The highest BCUT2D eigenvalue weighted by Crippen LogP contribution is 2.32. The summed E-state index contributed by atoms with van der Waals surface area (Å²) in [5.41, 5.74) is -1.21. The minimum Gasteiger partial charge on any atom is -0.360 e. The quantitative estimate of drug-likeness (QED) is 0.746. The number of benzene rings is 1. The number of hydrogen-bond donors (Lipinski definition) is 0. The molecule has 0 spiro atoms. The number of carbonyl (C=O) groups excluding carboxylic acids is 1. The van der Waals surface area contributed by atoms with Crippen LogP contribution in [0.4, 0.5) is 13.2 Å². The predicted octanol–water partition coefficient (Wildman–Crippen LogP) is 2.85. The van der Waals surface area contributed by atoms with Crippen LogP contribution in [0, 0.1) is 13.8 Å². The summed E-state index contributed by atoms with van der Waals surface area (Å²) in [5, 5.41) is 3.66. The van der Waals surface area contributed by atoms with E-state index < -0.39 is 33.2 Å². The number of aromatic nitrogens is 1. The highest BCUT2D eigenvalue weighted by atomic mass is 32.2. The van der Waals surface area contributed by atoms with E-state index in [1.54, 1.807) is 0 Å². The average Bonchev–Trinajstić information content (AvgIpc) is 2.85. The van der Waals surface area contributed by atoms with Crippen LogP contribution in [0.1, 0.15) is 33.8 Å². The lowest BCUT2D eigenvalue weighted by Crippen LogP contribution is -2.38.